The molecule has 4 rings (SSSR count). The van der Waals surface area contributed by atoms with Gasteiger partial charge in [0, 0.05) is 13.0 Å². The van der Waals surface area contributed by atoms with E-state index in [0.717, 1.165) is 33.7 Å². The van der Waals surface area contributed by atoms with Crippen molar-refractivity contribution in [3.05, 3.63) is 89.2 Å². The molecule has 0 aliphatic carbocycles. The van der Waals surface area contributed by atoms with E-state index in [4.69, 9.17) is 14.5 Å². The number of rotatable bonds is 9. The Bertz CT molecular complexity index is 1240. The number of fused-ring (bicyclic) bond motifs is 1. The molecule has 0 aliphatic rings. The molecule has 1 aromatic heterocycles. The molecule has 0 saturated carbocycles. The van der Waals surface area contributed by atoms with Crippen molar-refractivity contribution in [3.63, 3.8) is 0 Å². The van der Waals surface area contributed by atoms with Crippen LogP contribution in [0.4, 0.5) is 0 Å². The highest BCUT2D eigenvalue weighted by Gasteiger charge is 2.14. The second kappa shape index (κ2) is 10.2. The average Bonchev–Trinajstić information content (AvgIpc) is 3.18. The second-order valence-corrected chi connectivity index (χ2v) is 7.94. The van der Waals surface area contributed by atoms with Crippen molar-refractivity contribution in [3.8, 4) is 11.5 Å². The van der Waals surface area contributed by atoms with E-state index in [1.165, 1.54) is 0 Å². The van der Waals surface area contributed by atoms with E-state index in [2.05, 4.69) is 41.9 Å². The first-order valence-corrected chi connectivity index (χ1v) is 11.1. The predicted octanol–water partition coefficient (Wildman–Crippen LogP) is 4.71. The van der Waals surface area contributed by atoms with E-state index in [0.29, 0.717) is 37.4 Å². The zero-order valence-corrected chi connectivity index (χ0v) is 19.3. The molecule has 3 aromatic carbocycles. The molecule has 1 heterocycles. The van der Waals surface area contributed by atoms with E-state index >= 15 is 0 Å². The van der Waals surface area contributed by atoms with Gasteiger partial charge in [0.25, 0.3) is 5.91 Å². The minimum Gasteiger partial charge on any atom is -0.496 e. The number of hydrogen-bond acceptors (Lipinski definition) is 4. The Morgan fingerprint density at radius 3 is 2.48 bits per heavy atom. The summed E-state index contributed by atoms with van der Waals surface area (Å²) in [5.74, 6) is 2.26. The van der Waals surface area contributed by atoms with Crippen molar-refractivity contribution in [1.82, 2.24) is 14.9 Å². The predicted molar refractivity (Wildman–Crippen MR) is 130 cm³/mol. The maximum absolute atomic E-state index is 12.6. The first kappa shape index (κ1) is 22.4. The molecule has 170 valence electrons. The van der Waals surface area contributed by atoms with Crippen LogP contribution < -0.4 is 14.8 Å². The number of imidazole rings is 1. The lowest BCUT2D eigenvalue weighted by molar-refractivity contribution is 0.0951. The van der Waals surface area contributed by atoms with Gasteiger partial charge < -0.3 is 19.4 Å². The quantitative estimate of drug-likeness (QED) is 0.407. The summed E-state index contributed by atoms with van der Waals surface area (Å²) >= 11 is 0. The first-order valence-electron chi connectivity index (χ1n) is 11.1. The van der Waals surface area contributed by atoms with Gasteiger partial charge in [-0.3, -0.25) is 4.79 Å². The van der Waals surface area contributed by atoms with Gasteiger partial charge in [-0.2, -0.15) is 0 Å². The molecule has 0 fully saturated rings. The van der Waals surface area contributed by atoms with E-state index in [-0.39, 0.29) is 5.91 Å². The molecular formula is C27H29N3O3. The summed E-state index contributed by atoms with van der Waals surface area (Å²) in [4.78, 5) is 17.4. The van der Waals surface area contributed by atoms with Crippen LogP contribution in [0.15, 0.2) is 66.7 Å². The lowest BCUT2D eigenvalue weighted by atomic mass is 10.1. The van der Waals surface area contributed by atoms with Gasteiger partial charge >= 0.3 is 0 Å². The Kier molecular flexibility index (Phi) is 6.93. The van der Waals surface area contributed by atoms with Gasteiger partial charge in [0.15, 0.2) is 0 Å². The van der Waals surface area contributed by atoms with Crippen LogP contribution in [-0.4, -0.2) is 35.7 Å². The smallest absolute Gasteiger partial charge is 0.255 e. The minimum atomic E-state index is -0.159. The molecule has 0 aliphatic heterocycles. The standard InChI is InChI=1S/C27H29N3O3/c1-19-9-8-10-20(2)26(19)33-18-17-30-23-13-6-5-12-22(23)29-25(30)15-16-28-27(31)21-11-4-7-14-24(21)32-3/h4-14H,15-18H2,1-3H3,(H,28,31). The molecule has 1 amide bonds. The van der Waals surface area contributed by atoms with Crippen LogP contribution in [0, 0.1) is 13.8 Å². The van der Waals surface area contributed by atoms with Gasteiger partial charge in [0.1, 0.15) is 23.9 Å². The SMILES string of the molecule is COc1ccccc1C(=O)NCCc1nc2ccccc2n1CCOc1c(C)cccc1C. The largest absolute Gasteiger partial charge is 0.496 e. The fourth-order valence-electron chi connectivity index (χ4n) is 4.05. The Balaban J connectivity index is 1.45. The van der Waals surface area contributed by atoms with Gasteiger partial charge in [0.05, 0.1) is 30.3 Å². The summed E-state index contributed by atoms with van der Waals surface area (Å²) in [6, 6.07) is 21.5. The second-order valence-electron chi connectivity index (χ2n) is 7.94. The first-order chi connectivity index (χ1) is 16.1. The Hall–Kier alpha value is -3.80. The highest BCUT2D eigenvalue weighted by atomic mass is 16.5. The van der Waals surface area contributed by atoms with Gasteiger partial charge in [-0.05, 0) is 49.2 Å². The average molecular weight is 444 g/mol. The van der Waals surface area contributed by atoms with Gasteiger partial charge in [0.2, 0.25) is 0 Å². The van der Waals surface area contributed by atoms with Crippen LogP contribution in [0.5, 0.6) is 11.5 Å². The molecule has 6 heteroatoms. The van der Waals surface area contributed by atoms with E-state index in [9.17, 15) is 4.79 Å². The molecule has 0 unspecified atom stereocenters. The molecule has 1 N–H and O–H groups in total. The van der Waals surface area contributed by atoms with Crippen LogP contribution in [-0.2, 0) is 13.0 Å². The zero-order chi connectivity index (χ0) is 23.2. The lowest BCUT2D eigenvalue weighted by Crippen LogP contribution is -2.27. The molecule has 33 heavy (non-hydrogen) atoms. The summed E-state index contributed by atoms with van der Waals surface area (Å²) in [6.45, 7) is 5.80. The number of aryl methyl sites for hydroxylation is 2. The van der Waals surface area contributed by atoms with E-state index in [1.807, 2.05) is 36.4 Å². The molecule has 0 spiro atoms. The number of nitrogens with zero attached hydrogens (tertiary/aromatic N) is 2. The fraction of sp³-hybridized carbons (Fsp3) is 0.259. The fourth-order valence-corrected chi connectivity index (χ4v) is 4.05. The van der Waals surface area contributed by atoms with Crippen molar-refractivity contribution < 1.29 is 14.3 Å². The number of nitrogens with one attached hydrogen (secondary N) is 1. The van der Waals surface area contributed by atoms with Gasteiger partial charge in [-0.25, -0.2) is 4.98 Å². The maximum Gasteiger partial charge on any atom is 0.255 e. The van der Waals surface area contributed by atoms with Crippen LogP contribution in [0.25, 0.3) is 11.0 Å². The monoisotopic (exact) mass is 443 g/mol. The van der Waals surface area contributed by atoms with Crippen LogP contribution in [0.1, 0.15) is 27.3 Å². The van der Waals surface area contributed by atoms with Crippen molar-refractivity contribution in [2.75, 3.05) is 20.3 Å². The van der Waals surface area contributed by atoms with Crippen molar-refractivity contribution >= 4 is 16.9 Å². The Labute approximate surface area is 194 Å². The number of ether oxygens (including phenoxy) is 2. The lowest BCUT2D eigenvalue weighted by Gasteiger charge is -2.14. The number of carbonyl (C=O) groups excluding carboxylic acids is 1. The Morgan fingerprint density at radius 1 is 0.970 bits per heavy atom. The van der Waals surface area contributed by atoms with Crippen molar-refractivity contribution in [2.45, 2.75) is 26.8 Å². The topological polar surface area (TPSA) is 65.4 Å². The van der Waals surface area contributed by atoms with Gasteiger partial charge in [-0.1, -0.05) is 42.5 Å². The van der Waals surface area contributed by atoms with E-state index in [1.54, 1.807) is 19.2 Å². The van der Waals surface area contributed by atoms with Crippen LogP contribution >= 0.6 is 0 Å². The molecular weight excluding hydrogens is 414 g/mol. The van der Waals surface area contributed by atoms with Crippen molar-refractivity contribution in [2.24, 2.45) is 0 Å². The summed E-state index contributed by atoms with van der Waals surface area (Å²) < 4.78 is 13.6. The third kappa shape index (κ3) is 5.00. The number of amides is 1. The Morgan fingerprint density at radius 2 is 1.70 bits per heavy atom. The summed E-state index contributed by atoms with van der Waals surface area (Å²) in [7, 11) is 1.56. The zero-order valence-electron chi connectivity index (χ0n) is 19.3. The summed E-state index contributed by atoms with van der Waals surface area (Å²) in [5, 5.41) is 2.99. The maximum atomic E-state index is 12.6. The number of aromatic nitrogens is 2. The van der Waals surface area contributed by atoms with Gasteiger partial charge in [-0.15, -0.1) is 0 Å². The number of methoxy groups -OCH3 is 1. The molecule has 0 saturated heterocycles. The number of para-hydroxylation sites is 4. The van der Waals surface area contributed by atoms with Crippen molar-refractivity contribution in [1.29, 1.82) is 0 Å². The highest BCUT2D eigenvalue weighted by molar-refractivity contribution is 5.96. The van der Waals surface area contributed by atoms with Crippen LogP contribution in [0.2, 0.25) is 0 Å². The normalized spacial score (nSPS) is 10.9. The third-order valence-electron chi connectivity index (χ3n) is 5.69. The number of hydrogen-bond donors (Lipinski definition) is 1. The molecule has 0 bridgehead atoms. The van der Waals surface area contributed by atoms with Crippen LogP contribution in [0.3, 0.4) is 0 Å². The molecule has 6 nitrogen and oxygen atoms in total. The molecule has 4 aromatic rings. The summed E-state index contributed by atoms with van der Waals surface area (Å²) in [6.07, 6.45) is 0.610. The number of benzene rings is 3. The summed E-state index contributed by atoms with van der Waals surface area (Å²) in [5.41, 5.74) is 4.79. The third-order valence-corrected chi connectivity index (χ3v) is 5.69. The highest BCUT2D eigenvalue weighted by Crippen LogP contribution is 2.23. The van der Waals surface area contributed by atoms with E-state index < -0.39 is 0 Å². The number of carbonyl (C=O) groups is 1. The minimum absolute atomic E-state index is 0.159. The molecule has 0 atom stereocenters. The molecule has 0 radical (unpaired) electrons.